The van der Waals surface area contributed by atoms with Gasteiger partial charge in [0.05, 0.1) is 18.3 Å². The van der Waals surface area contributed by atoms with Gasteiger partial charge in [-0.1, -0.05) is 19.1 Å². The minimum Gasteiger partial charge on any atom is -0.508 e. The Morgan fingerprint density at radius 1 is 1.30 bits per heavy atom. The van der Waals surface area contributed by atoms with Gasteiger partial charge < -0.3 is 15.9 Å². The Kier molecular flexibility index (Phi) is 5.64. The van der Waals surface area contributed by atoms with E-state index in [0.717, 1.165) is 23.4 Å². The number of aromatic hydroxyl groups is 1. The number of fused-ring (bicyclic) bond motifs is 1. The second-order valence-electron chi connectivity index (χ2n) is 6.86. The molecule has 1 unspecified atom stereocenters. The van der Waals surface area contributed by atoms with Gasteiger partial charge in [-0.05, 0) is 38.0 Å². The molecule has 1 atom stereocenters. The number of aromatic nitrogens is 2. The van der Waals surface area contributed by atoms with Crippen LogP contribution in [0.3, 0.4) is 0 Å². The van der Waals surface area contributed by atoms with Gasteiger partial charge in [0.25, 0.3) is 0 Å². The highest BCUT2D eigenvalue weighted by Gasteiger charge is 2.34. The molecule has 0 saturated heterocycles. The van der Waals surface area contributed by atoms with Crippen LogP contribution >= 0.6 is 0 Å². The van der Waals surface area contributed by atoms with Gasteiger partial charge in [-0.25, -0.2) is 15.5 Å². The van der Waals surface area contributed by atoms with E-state index in [2.05, 4.69) is 20.9 Å². The zero-order valence-electron chi connectivity index (χ0n) is 15.8. The Morgan fingerprint density at radius 2 is 2.07 bits per heavy atom. The molecular weight excluding hydrogens is 346 g/mol. The lowest BCUT2D eigenvalue weighted by Gasteiger charge is -2.28. The summed E-state index contributed by atoms with van der Waals surface area (Å²) in [6, 6.07) is 7.05. The predicted molar refractivity (Wildman–Crippen MR) is 105 cm³/mol. The maximum atomic E-state index is 9.76. The summed E-state index contributed by atoms with van der Waals surface area (Å²) < 4.78 is 0. The summed E-state index contributed by atoms with van der Waals surface area (Å²) in [5.74, 6) is 1.06. The molecule has 6 N–H and O–H groups in total. The van der Waals surface area contributed by atoms with Crippen molar-refractivity contribution in [3.63, 3.8) is 0 Å². The Bertz CT molecular complexity index is 795. The van der Waals surface area contributed by atoms with Crippen molar-refractivity contribution in [3.05, 3.63) is 35.5 Å². The highest BCUT2D eigenvalue weighted by Crippen LogP contribution is 2.36. The molecule has 9 heteroatoms. The molecule has 1 aliphatic rings. The maximum absolute atomic E-state index is 9.76. The molecule has 27 heavy (non-hydrogen) atoms. The van der Waals surface area contributed by atoms with Gasteiger partial charge in [0, 0.05) is 12.5 Å². The molecule has 9 nitrogen and oxygen atoms in total. The van der Waals surface area contributed by atoms with E-state index in [4.69, 9.17) is 5.73 Å². The third-order valence-corrected chi connectivity index (χ3v) is 4.44. The van der Waals surface area contributed by atoms with E-state index in [0.29, 0.717) is 12.2 Å². The third-order valence-electron chi connectivity index (χ3n) is 4.44. The summed E-state index contributed by atoms with van der Waals surface area (Å²) in [6.07, 6.45) is 1.23. The minimum atomic E-state index is -0.122. The highest BCUT2D eigenvalue weighted by molar-refractivity contribution is 5.74. The topological polar surface area (TPSA) is 123 Å². The van der Waals surface area contributed by atoms with Crippen LogP contribution in [-0.2, 0) is 6.42 Å². The first-order chi connectivity index (χ1) is 12.9. The molecule has 3 rings (SSSR count). The van der Waals surface area contributed by atoms with Gasteiger partial charge >= 0.3 is 0 Å². The van der Waals surface area contributed by atoms with Crippen molar-refractivity contribution in [1.82, 2.24) is 20.9 Å². The lowest BCUT2D eigenvalue weighted by molar-refractivity contribution is 0.231. The molecule has 0 spiro atoms. The van der Waals surface area contributed by atoms with Gasteiger partial charge in [0.15, 0.2) is 5.82 Å². The zero-order chi connectivity index (χ0) is 19.6. The van der Waals surface area contributed by atoms with Crippen molar-refractivity contribution in [1.29, 1.82) is 0 Å². The van der Waals surface area contributed by atoms with Crippen LogP contribution in [0, 0.1) is 0 Å². The number of hydrazine groups is 3. The average molecular weight is 373 g/mol. The SMILES string of the molecule is CCC(CO)NN1NN(C(C)C)c2nc(N)nc(Cc3cccc(O)c3)c21. The predicted octanol–water partition coefficient (Wildman–Crippen LogP) is 1.09. The van der Waals surface area contributed by atoms with Crippen molar-refractivity contribution >= 4 is 17.5 Å². The van der Waals surface area contributed by atoms with Crippen LogP contribution in [0.25, 0.3) is 0 Å². The van der Waals surface area contributed by atoms with Crippen LogP contribution in [0.5, 0.6) is 5.75 Å². The molecule has 1 aromatic heterocycles. The summed E-state index contributed by atoms with van der Waals surface area (Å²) in [5.41, 5.74) is 14.9. The molecule has 0 amide bonds. The van der Waals surface area contributed by atoms with Crippen molar-refractivity contribution in [2.45, 2.75) is 45.7 Å². The molecule has 1 aliphatic heterocycles. The second kappa shape index (κ2) is 7.95. The van der Waals surface area contributed by atoms with Crippen molar-refractivity contribution < 1.29 is 10.2 Å². The van der Waals surface area contributed by atoms with E-state index in [1.165, 1.54) is 0 Å². The van der Waals surface area contributed by atoms with Gasteiger partial charge in [-0.3, -0.25) is 5.01 Å². The molecular formula is C18H27N7O2. The molecule has 0 saturated carbocycles. The summed E-state index contributed by atoms with van der Waals surface area (Å²) in [6.45, 7) is 6.08. The largest absolute Gasteiger partial charge is 0.508 e. The lowest BCUT2D eigenvalue weighted by Crippen LogP contribution is -2.57. The summed E-state index contributed by atoms with van der Waals surface area (Å²) in [7, 11) is 0. The number of anilines is 3. The summed E-state index contributed by atoms with van der Waals surface area (Å²) in [4.78, 5) is 8.87. The Hall–Kier alpha value is -2.62. The fourth-order valence-corrected chi connectivity index (χ4v) is 2.99. The van der Waals surface area contributed by atoms with E-state index < -0.39 is 0 Å². The molecule has 1 aromatic carbocycles. The Balaban J connectivity index is 2.03. The fraction of sp³-hybridized carbons (Fsp3) is 0.444. The monoisotopic (exact) mass is 373 g/mol. The summed E-state index contributed by atoms with van der Waals surface area (Å²) in [5, 5.41) is 23.0. The molecule has 2 heterocycles. The first kappa shape index (κ1) is 19.2. The van der Waals surface area contributed by atoms with Crippen LogP contribution in [-0.4, -0.2) is 38.9 Å². The number of nitrogens with zero attached hydrogens (tertiary/aromatic N) is 4. The van der Waals surface area contributed by atoms with Gasteiger partial charge in [-0.2, -0.15) is 4.98 Å². The highest BCUT2D eigenvalue weighted by atomic mass is 16.3. The first-order valence-corrected chi connectivity index (χ1v) is 9.09. The molecule has 146 valence electrons. The van der Waals surface area contributed by atoms with E-state index in [1.807, 2.05) is 31.8 Å². The number of nitrogens with two attached hydrogens (primary N) is 1. The standard InChI is InChI=1S/C18H27N7O2/c1-4-13(10-26)22-25-16-15(9-12-6-5-7-14(27)8-12)20-18(19)21-17(16)24(23-25)11(2)3/h5-8,11,13,22-23,26-27H,4,9-10H2,1-3H3,(H2,19,20,21). The number of phenols is 1. The van der Waals surface area contributed by atoms with Crippen molar-refractivity contribution in [2.75, 3.05) is 22.5 Å². The van der Waals surface area contributed by atoms with E-state index in [-0.39, 0.29) is 30.4 Å². The van der Waals surface area contributed by atoms with Crippen LogP contribution in [0.4, 0.5) is 17.5 Å². The molecule has 0 fully saturated rings. The normalized spacial score (nSPS) is 14.7. The van der Waals surface area contributed by atoms with Gasteiger partial charge in [-0.15, -0.1) is 5.53 Å². The number of aliphatic hydroxyl groups is 1. The van der Waals surface area contributed by atoms with Crippen LogP contribution in [0.2, 0.25) is 0 Å². The smallest absolute Gasteiger partial charge is 0.222 e. The number of nitrogens with one attached hydrogen (secondary N) is 2. The maximum Gasteiger partial charge on any atom is 0.222 e. The van der Waals surface area contributed by atoms with E-state index >= 15 is 0 Å². The number of hydrogen-bond acceptors (Lipinski definition) is 9. The minimum absolute atomic E-state index is 0.00339. The second-order valence-corrected chi connectivity index (χ2v) is 6.86. The number of benzene rings is 1. The van der Waals surface area contributed by atoms with Crippen molar-refractivity contribution in [3.8, 4) is 5.75 Å². The number of hydrogen-bond donors (Lipinski definition) is 5. The molecule has 0 radical (unpaired) electrons. The molecule has 0 aliphatic carbocycles. The van der Waals surface area contributed by atoms with Gasteiger partial charge in [0.2, 0.25) is 5.95 Å². The third kappa shape index (κ3) is 4.05. The average Bonchev–Trinajstić information content (AvgIpc) is 2.98. The number of phenolic OH excluding ortho intramolecular Hbond substituents is 1. The molecule has 2 aromatic rings. The zero-order valence-corrected chi connectivity index (χ0v) is 15.8. The Labute approximate surface area is 158 Å². The first-order valence-electron chi connectivity index (χ1n) is 9.09. The van der Waals surface area contributed by atoms with E-state index in [1.54, 1.807) is 23.3 Å². The Morgan fingerprint density at radius 3 is 2.70 bits per heavy atom. The van der Waals surface area contributed by atoms with Gasteiger partial charge in [0.1, 0.15) is 11.4 Å². The fourth-order valence-electron chi connectivity index (χ4n) is 2.99. The number of nitrogen functional groups attached to an aromatic ring is 1. The quantitative estimate of drug-likeness (QED) is 0.485. The van der Waals surface area contributed by atoms with Crippen molar-refractivity contribution in [2.24, 2.45) is 0 Å². The number of aliphatic hydroxyl groups excluding tert-OH is 1. The molecule has 0 bridgehead atoms. The summed E-state index contributed by atoms with van der Waals surface area (Å²) >= 11 is 0. The van der Waals surface area contributed by atoms with E-state index in [9.17, 15) is 10.2 Å². The lowest BCUT2D eigenvalue weighted by atomic mass is 10.1. The van der Waals surface area contributed by atoms with Crippen LogP contribution in [0.1, 0.15) is 38.4 Å². The van der Waals surface area contributed by atoms with Crippen LogP contribution in [0.15, 0.2) is 24.3 Å². The number of rotatable bonds is 7. The van der Waals surface area contributed by atoms with Crippen LogP contribution < -0.4 is 26.8 Å².